The number of aromatic nitrogens is 1. The number of hydrogen-bond donors (Lipinski definition) is 0. The van der Waals surface area contributed by atoms with Crippen molar-refractivity contribution < 1.29 is 9.21 Å². The van der Waals surface area contributed by atoms with Crippen LogP contribution in [0, 0.1) is 5.92 Å². The lowest BCUT2D eigenvalue weighted by Gasteiger charge is -2.30. The zero-order valence-corrected chi connectivity index (χ0v) is 18.4. The molecule has 1 saturated carbocycles. The van der Waals surface area contributed by atoms with Crippen molar-refractivity contribution in [3.8, 4) is 0 Å². The number of carbonyl (C=O) groups excluding carboxylic acids is 1. The van der Waals surface area contributed by atoms with Gasteiger partial charge in [-0.3, -0.25) is 4.79 Å². The maximum atomic E-state index is 13.5. The van der Waals surface area contributed by atoms with E-state index in [-0.39, 0.29) is 11.8 Å². The number of halogens is 1. The van der Waals surface area contributed by atoms with Crippen LogP contribution >= 0.6 is 15.9 Å². The third-order valence-electron chi connectivity index (χ3n) is 5.53. The molecule has 154 valence electrons. The summed E-state index contributed by atoms with van der Waals surface area (Å²) in [7, 11) is 0. The molecule has 2 aromatic carbocycles. The molecule has 0 unspecified atom stereocenters. The molecule has 1 aromatic heterocycles. The summed E-state index contributed by atoms with van der Waals surface area (Å²) in [5.41, 5.74) is 3.04. The molecule has 0 radical (unpaired) electrons. The Labute approximate surface area is 185 Å². The lowest BCUT2D eigenvalue weighted by Crippen LogP contribution is -2.36. The third-order valence-corrected chi connectivity index (χ3v) is 6.05. The minimum absolute atomic E-state index is 0.112. The lowest BCUT2D eigenvalue weighted by molar-refractivity contribution is -0.123. The second kappa shape index (κ2) is 9.90. The Morgan fingerprint density at radius 3 is 2.63 bits per heavy atom. The molecular formula is C25H25BrN2O2. The number of oxazole rings is 1. The first-order valence-electron chi connectivity index (χ1n) is 10.4. The number of anilines is 1. The zero-order chi connectivity index (χ0) is 20.8. The van der Waals surface area contributed by atoms with Gasteiger partial charge in [0.25, 0.3) is 0 Å². The molecule has 0 aliphatic heterocycles. The third kappa shape index (κ3) is 5.28. The van der Waals surface area contributed by atoms with Crippen LogP contribution in [0.5, 0.6) is 0 Å². The summed E-state index contributed by atoms with van der Waals surface area (Å²) in [4.78, 5) is 19.6. The molecule has 0 spiro atoms. The molecule has 0 atom stereocenters. The minimum Gasteiger partial charge on any atom is -0.445 e. The lowest BCUT2D eigenvalue weighted by atomic mass is 9.88. The summed E-state index contributed by atoms with van der Waals surface area (Å²) < 4.78 is 6.31. The molecule has 4 rings (SSSR count). The summed E-state index contributed by atoms with van der Waals surface area (Å²) in [6, 6.07) is 16.3. The van der Waals surface area contributed by atoms with Gasteiger partial charge in [-0.25, -0.2) is 4.98 Å². The Morgan fingerprint density at radius 2 is 1.90 bits per heavy atom. The molecule has 30 heavy (non-hydrogen) atoms. The normalized spacial score (nSPS) is 14.8. The van der Waals surface area contributed by atoms with Gasteiger partial charge in [-0.1, -0.05) is 59.5 Å². The number of carbonyl (C=O) groups is 1. The number of hydrogen-bond acceptors (Lipinski definition) is 3. The molecule has 1 aliphatic carbocycles. The summed E-state index contributed by atoms with van der Waals surface area (Å²) in [5.74, 6) is 0.901. The van der Waals surface area contributed by atoms with E-state index >= 15 is 0 Å². The first-order chi connectivity index (χ1) is 14.7. The molecule has 3 aromatic rings. The molecule has 1 heterocycles. The second-order valence-electron chi connectivity index (χ2n) is 7.68. The van der Waals surface area contributed by atoms with Crippen molar-refractivity contribution in [2.75, 3.05) is 4.90 Å². The predicted octanol–water partition coefficient (Wildman–Crippen LogP) is 6.72. The van der Waals surface area contributed by atoms with Gasteiger partial charge in [0.2, 0.25) is 11.8 Å². The summed E-state index contributed by atoms with van der Waals surface area (Å²) in [6.07, 6.45) is 12.5. The quantitative estimate of drug-likeness (QED) is 0.406. The summed E-state index contributed by atoms with van der Waals surface area (Å²) in [6.45, 7) is 0.565. The Hall–Kier alpha value is -2.66. The van der Waals surface area contributed by atoms with Gasteiger partial charge in [-0.15, -0.1) is 0 Å². The molecule has 0 bridgehead atoms. The van der Waals surface area contributed by atoms with Crippen LogP contribution in [-0.4, -0.2) is 10.9 Å². The van der Waals surface area contributed by atoms with Gasteiger partial charge in [0.05, 0.1) is 12.7 Å². The zero-order valence-electron chi connectivity index (χ0n) is 16.8. The van der Waals surface area contributed by atoms with Crippen molar-refractivity contribution >= 4 is 39.7 Å². The van der Waals surface area contributed by atoms with Gasteiger partial charge in [0.15, 0.2) is 0 Å². The highest BCUT2D eigenvalue weighted by Gasteiger charge is 2.27. The molecule has 0 saturated heterocycles. The largest absolute Gasteiger partial charge is 0.445 e. The van der Waals surface area contributed by atoms with E-state index in [1.165, 1.54) is 6.42 Å². The van der Waals surface area contributed by atoms with Crippen LogP contribution in [0.25, 0.3) is 12.2 Å². The molecule has 5 heteroatoms. The van der Waals surface area contributed by atoms with Crippen molar-refractivity contribution in [3.05, 3.63) is 82.5 Å². The molecule has 0 N–H and O–H groups in total. The smallest absolute Gasteiger partial charge is 0.230 e. The maximum Gasteiger partial charge on any atom is 0.230 e. The summed E-state index contributed by atoms with van der Waals surface area (Å²) in [5, 5.41) is 0. The highest BCUT2D eigenvalue weighted by atomic mass is 79.9. The van der Waals surface area contributed by atoms with Crippen molar-refractivity contribution in [2.24, 2.45) is 5.92 Å². The van der Waals surface area contributed by atoms with E-state index in [9.17, 15) is 4.79 Å². The van der Waals surface area contributed by atoms with Crippen LogP contribution in [0.2, 0.25) is 0 Å². The van der Waals surface area contributed by atoms with Gasteiger partial charge in [-0.2, -0.15) is 0 Å². The fourth-order valence-electron chi connectivity index (χ4n) is 3.92. The van der Waals surface area contributed by atoms with Crippen LogP contribution in [0.15, 0.2) is 69.9 Å². The van der Waals surface area contributed by atoms with Gasteiger partial charge in [0, 0.05) is 22.2 Å². The number of benzene rings is 2. The fourth-order valence-corrected chi connectivity index (χ4v) is 4.18. The number of amides is 1. The topological polar surface area (TPSA) is 46.3 Å². The van der Waals surface area contributed by atoms with Crippen LogP contribution in [0.4, 0.5) is 5.69 Å². The summed E-state index contributed by atoms with van der Waals surface area (Å²) >= 11 is 3.49. The Bertz CT molecular complexity index is 990. The van der Waals surface area contributed by atoms with E-state index in [1.807, 2.05) is 47.4 Å². The van der Waals surface area contributed by atoms with Crippen LogP contribution in [0.3, 0.4) is 0 Å². The monoisotopic (exact) mass is 464 g/mol. The highest BCUT2D eigenvalue weighted by Crippen LogP contribution is 2.29. The SMILES string of the molecule is O=C(C1CCCCC1)N(Cc1ccc(Br)cc1)c1cccc(C=Cc2ncco2)c1. The van der Waals surface area contributed by atoms with Crippen molar-refractivity contribution in [1.29, 1.82) is 0 Å². The Balaban J connectivity index is 1.61. The number of nitrogens with zero attached hydrogens (tertiary/aromatic N) is 2. The van der Waals surface area contributed by atoms with E-state index in [2.05, 4.69) is 39.1 Å². The van der Waals surface area contributed by atoms with Crippen LogP contribution < -0.4 is 4.90 Å². The van der Waals surface area contributed by atoms with Gasteiger partial charge >= 0.3 is 0 Å². The van der Waals surface area contributed by atoms with Crippen molar-refractivity contribution in [1.82, 2.24) is 4.98 Å². The molecule has 1 aliphatic rings. The average Bonchev–Trinajstić information content (AvgIpc) is 3.31. The molecule has 1 fully saturated rings. The van der Waals surface area contributed by atoms with Gasteiger partial charge < -0.3 is 9.32 Å². The number of rotatable bonds is 6. The minimum atomic E-state index is 0.112. The fraction of sp³-hybridized carbons (Fsp3) is 0.280. The molecule has 1 amide bonds. The van der Waals surface area contributed by atoms with Crippen LogP contribution in [-0.2, 0) is 11.3 Å². The maximum absolute atomic E-state index is 13.5. The first-order valence-corrected chi connectivity index (χ1v) is 11.2. The van der Waals surface area contributed by atoms with E-state index in [0.29, 0.717) is 12.4 Å². The predicted molar refractivity (Wildman–Crippen MR) is 124 cm³/mol. The first kappa shape index (κ1) is 20.6. The Morgan fingerprint density at radius 1 is 1.10 bits per heavy atom. The molecular weight excluding hydrogens is 440 g/mol. The van der Waals surface area contributed by atoms with E-state index < -0.39 is 0 Å². The molecule has 4 nitrogen and oxygen atoms in total. The highest BCUT2D eigenvalue weighted by molar-refractivity contribution is 9.10. The van der Waals surface area contributed by atoms with E-state index in [4.69, 9.17) is 4.42 Å². The standard InChI is InChI=1S/C25H25BrN2O2/c26-22-12-9-20(10-13-22)18-28(25(29)21-6-2-1-3-7-21)23-8-4-5-19(17-23)11-14-24-27-15-16-30-24/h4-5,8-17,21H,1-3,6-7,18H2. The van der Waals surface area contributed by atoms with Gasteiger partial charge in [0.1, 0.15) is 6.26 Å². The Kier molecular flexibility index (Phi) is 6.80. The average molecular weight is 465 g/mol. The van der Waals surface area contributed by atoms with E-state index in [0.717, 1.165) is 47.0 Å². The van der Waals surface area contributed by atoms with Gasteiger partial charge in [-0.05, 0) is 54.3 Å². The van der Waals surface area contributed by atoms with Crippen molar-refractivity contribution in [3.63, 3.8) is 0 Å². The van der Waals surface area contributed by atoms with E-state index in [1.54, 1.807) is 12.5 Å². The second-order valence-corrected chi connectivity index (χ2v) is 8.60. The van der Waals surface area contributed by atoms with Crippen LogP contribution in [0.1, 0.15) is 49.1 Å². The van der Waals surface area contributed by atoms with Crippen molar-refractivity contribution in [2.45, 2.75) is 38.6 Å².